The van der Waals surface area contributed by atoms with Crippen molar-refractivity contribution in [1.29, 1.82) is 0 Å². The molecule has 0 aromatic carbocycles. The first-order chi connectivity index (χ1) is 10.7. The summed E-state index contributed by atoms with van der Waals surface area (Å²) in [6.45, 7) is 0.660. The second-order valence-corrected chi connectivity index (χ2v) is 4.99. The number of pyridine rings is 1. The molecular weight excluding hydrogens is 282 g/mol. The van der Waals surface area contributed by atoms with Crippen molar-refractivity contribution in [2.45, 2.75) is 18.9 Å². The van der Waals surface area contributed by atoms with Gasteiger partial charge in [-0.05, 0) is 25.0 Å². The summed E-state index contributed by atoms with van der Waals surface area (Å²) in [5.41, 5.74) is 1.61. The Morgan fingerprint density at radius 2 is 2.09 bits per heavy atom. The predicted molar refractivity (Wildman–Crippen MR) is 78.8 cm³/mol. The molecule has 7 heteroatoms. The number of rotatable bonds is 3. The van der Waals surface area contributed by atoms with Crippen LogP contribution in [0.4, 0.5) is 0 Å². The highest BCUT2D eigenvalue weighted by molar-refractivity contribution is 5.96. The highest BCUT2D eigenvalue weighted by Gasteiger charge is 2.24. The fourth-order valence-electron chi connectivity index (χ4n) is 2.30. The van der Waals surface area contributed by atoms with Gasteiger partial charge in [-0.3, -0.25) is 9.59 Å². The largest absolute Gasteiger partial charge is 0.354 e. The van der Waals surface area contributed by atoms with Crippen molar-refractivity contribution in [2.75, 3.05) is 6.54 Å². The fourth-order valence-corrected chi connectivity index (χ4v) is 2.30. The van der Waals surface area contributed by atoms with Gasteiger partial charge in [-0.2, -0.15) is 0 Å². The van der Waals surface area contributed by atoms with E-state index in [1.807, 2.05) is 0 Å². The first-order valence-electron chi connectivity index (χ1n) is 7.05. The molecule has 1 fully saturated rings. The lowest BCUT2D eigenvalue weighted by atomic mass is 10.1. The lowest BCUT2D eigenvalue weighted by Crippen LogP contribution is -2.50. The van der Waals surface area contributed by atoms with Crippen LogP contribution < -0.4 is 10.6 Å². The fraction of sp³-hybridized carbons (Fsp3) is 0.267. The maximum Gasteiger partial charge on any atom is 0.270 e. The molecule has 0 aliphatic carbocycles. The Balaban J connectivity index is 1.77. The molecule has 3 heterocycles. The summed E-state index contributed by atoms with van der Waals surface area (Å²) in [6.07, 6.45) is 6.19. The van der Waals surface area contributed by atoms with Crippen LogP contribution in [0, 0.1) is 0 Å². The molecular formula is C15H15N5O2. The molecule has 0 spiro atoms. The molecule has 7 nitrogen and oxygen atoms in total. The van der Waals surface area contributed by atoms with Crippen molar-refractivity contribution >= 4 is 11.8 Å². The van der Waals surface area contributed by atoms with Crippen LogP contribution in [0.2, 0.25) is 0 Å². The van der Waals surface area contributed by atoms with Gasteiger partial charge in [0.1, 0.15) is 18.1 Å². The highest BCUT2D eigenvalue weighted by Crippen LogP contribution is 2.14. The lowest BCUT2D eigenvalue weighted by Gasteiger charge is -2.22. The molecule has 1 atom stereocenters. The van der Waals surface area contributed by atoms with Crippen molar-refractivity contribution in [3.05, 3.63) is 42.6 Å². The quantitative estimate of drug-likeness (QED) is 0.862. The van der Waals surface area contributed by atoms with Gasteiger partial charge < -0.3 is 10.6 Å². The van der Waals surface area contributed by atoms with Gasteiger partial charge in [-0.1, -0.05) is 6.07 Å². The number of hydrogen-bond donors (Lipinski definition) is 2. The molecule has 1 aliphatic heterocycles. The Morgan fingerprint density at radius 3 is 2.86 bits per heavy atom. The maximum atomic E-state index is 12.3. The van der Waals surface area contributed by atoms with Crippen LogP contribution in [0.1, 0.15) is 23.3 Å². The van der Waals surface area contributed by atoms with Gasteiger partial charge in [0.2, 0.25) is 5.91 Å². The maximum absolute atomic E-state index is 12.3. The van der Waals surface area contributed by atoms with E-state index in [4.69, 9.17) is 0 Å². The second-order valence-electron chi connectivity index (χ2n) is 4.99. The summed E-state index contributed by atoms with van der Waals surface area (Å²) < 4.78 is 0. The third-order valence-corrected chi connectivity index (χ3v) is 3.43. The third kappa shape index (κ3) is 3.08. The van der Waals surface area contributed by atoms with E-state index >= 15 is 0 Å². The van der Waals surface area contributed by atoms with Crippen molar-refractivity contribution in [2.24, 2.45) is 0 Å². The van der Waals surface area contributed by atoms with Gasteiger partial charge in [0.25, 0.3) is 5.91 Å². The van der Waals surface area contributed by atoms with Crippen LogP contribution in [0.25, 0.3) is 11.3 Å². The summed E-state index contributed by atoms with van der Waals surface area (Å²) in [5, 5.41) is 5.45. The van der Waals surface area contributed by atoms with E-state index in [9.17, 15) is 9.59 Å². The zero-order valence-corrected chi connectivity index (χ0v) is 11.8. The minimum Gasteiger partial charge on any atom is -0.354 e. The Labute approximate surface area is 127 Å². The summed E-state index contributed by atoms with van der Waals surface area (Å²) in [4.78, 5) is 36.1. The normalized spacial score (nSPS) is 17.6. The average Bonchev–Trinajstić information content (AvgIpc) is 2.58. The number of amides is 2. The lowest BCUT2D eigenvalue weighted by molar-refractivity contribution is -0.124. The van der Waals surface area contributed by atoms with Gasteiger partial charge in [-0.15, -0.1) is 0 Å². The van der Waals surface area contributed by atoms with Crippen molar-refractivity contribution in [3.8, 4) is 11.3 Å². The molecule has 2 aromatic heterocycles. The number of piperidine rings is 1. The zero-order valence-electron chi connectivity index (χ0n) is 11.8. The Hall–Kier alpha value is -2.83. The first kappa shape index (κ1) is 14.1. The first-order valence-corrected chi connectivity index (χ1v) is 7.05. The molecule has 2 aromatic rings. The van der Waals surface area contributed by atoms with Crippen molar-refractivity contribution in [1.82, 2.24) is 25.6 Å². The number of nitrogens with one attached hydrogen (secondary N) is 2. The predicted octanol–water partition coefficient (Wildman–Crippen LogP) is 0.547. The summed E-state index contributed by atoms with van der Waals surface area (Å²) in [5.74, 6) is -0.507. The number of nitrogens with zero attached hydrogens (tertiary/aromatic N) is 3. The standard InChI is InChI=1S/C15H15N5O2/c21-14-12(5-2-6-18-14)20-15(22)13-4-1-3-11(19-13)10-7-16-9-17-8-10/h1,3-4,7-9,12H,2,5-6H2,(H,18,21)(H,20,22). The Morgan fingerprint density at radius 1 is 1.27 bits per heavy atom. The summed E-state index contributed by atoms with van der Waals surface area (Å²) >= 11 is 0. The van der Waals surface area contributed by atoms with Gasteiger partial charge in [0.05, 0.1) is 5.69 Å². The summed E-state index contributed by atoms with van der Waals surface area (Å²) in [7, 11) is 0. The average molecular weight is 297 g/mol. The molecule has 0 bridgehead atoms. The van der Waals surface area contributed by atoms with Gasteiger partial charge in [0, 0.05) is 24.5 Å². The third-order valence-electron chi connectivity index (χ3n) is 3.43. The van der Waals surface area contributed by atoms with Crippen LogP contribution >= 0.6 is 0 Å². The molecule has 0 radical (unpaired) electrons. The highest BCUT2D eigenvalue weighted by atomic mass is 16.2. The van der Waals surface area contributed by atoms with Crippen LogP contribution in [-0.4, -0.2) is 39.4 Å². The van der Waals surface area contributed by atoms with Crippen LogP contribution in [-0.2, 0) is 4.79 Å². The van der Waals surface area contributed by atoms with E-state index < -0.39 is 6.04 Å². The smallest absolute Gasteiger partial charge is 0.270 e. The molecule has 1 aliphatic rings. The minimum atomic E-state index is -0.494. The van der Waals surface area contributed by atoms with Crippen LogP contribution in [0.5, 0.6) is 0 Å². The van der Waals surface area contributed by atoms with E-state index in [0.29, 0.717) is 18.7 Å². The van der Waals surface area contributed by atoms with Crippen LogP contribution in [0.15, 0.2) is 36.9 Å². The number of carbonyl (C=O) groups excluding carboxylic acids is 2. The van der Waals surface area contributed by atoms with E-state index in [1.165, 1.54) is 6.33 Å². The van der Waals surface area contributed by atoms with Crippen LogP contribution in [0.3, 0.4) is 0 Å². The minimum absolute atomic E-state index is 0.146. The molecule has 112 valence electrons. The van der Waals surface area contributed by atoms with Gasteiger partial charge in [-0.25, -0.2) is 15.0 Å². The topological polar surface area (TPSA) is 96.9 Å². The number of aromatic nitrogens is 3. The van der Waals surface area contributed by atoms with Gasteiger partial charge in [0.15, 0.2) is 0 Å². The molecule has 3 rings (SSSR count). The molecule has 22 heavy (non-hydrogen) atoms. The molecule has 1 saturated heterocycles. The van der Waals surface area contributed by atoms with Crippen molar-refractivity contribution < 1.29 is 9.59 Å². The molecule has 0 saturated carbocycles. The number of hydrogen-bond acceptors (Lipinski definition) is 5. The second kappa shape index (κ2) is 6.30. The monoisotopic (exact) mass is 297 g/mol. The number of carbonyl (C=O) groups is 2. The SMILES string of the molecule is O=C(NC1CCCNC1=O)c1cccc(-c2cncnc2)n1. The molecule has 1 unspecified atom stereocenters. The van der Waals surface area contributed by atoms with E-state index in [2.05, 4.69) is 25.6 Å². The zero-order chi connectivity index (χ0) is 15.4. The summed E-state index contributed by atoms with van der Waals surface area (Å²) in [6, 6.07) is 4.64. The Kier molecular flexibility index (Phi) is 4.04. The Bertz CT molecular complexity index is 689. The van der Waals surface area contributed by atoms with E-state index in [-0.39, 0.29) is 17.5 Å². The van der Waals surface area contributed by atoms with E-state index in [1.54, 1.807) is 30.6 Å². The van der Waals surface area contributed by atoms with Gasteiger partial charge >= 0.3 is 0 Å². The molecule has 2 amide bonds. The van der Waals surface area contributed by atoms with Crippen molar-refractivity contribution in [3.63, 3.8) is 0 Å². The molecule has 2 N–H and O–H groups in total. The van der Waals surface area contributed by atoms with E-state index in [0.717, 1.165) is 12.0 Å².